The zero-order chi connectivity index (χ0) is 21.1. The summed E-state index contributed by atoms with van der Waals surface area (Å²) in [7, 11) is 1.61. The normalized spacial score (nSPS) is 15.8. The van der Waals surface area contributed by atoms with Crippen LogP contribution in [0.2, 0.25) is 5.02 Å². The number of carbonyl (C=O) groups excluding carboxylic acids is 2. The number of nitrogens with one attached hydrogen (secondary N) is 1. The highest BCUT2D eigenvalue weighted by Gasteiger charge is 2.35. The lowest BCUT2D eigenvalue weighted by molar-refractivity contribution is -0.119. The number of amides is 2. The van der Waals surface area contributed by atoms with E-state index in [1.807, 2.05) is 24.3 Å². The molecular weight excluding hydrogens is 424 g/mol. The van der Waals surface area contributed by atoms with E-state index in [-0.39, 0.29) is 11.8 Å². The van der Waals surface area contributed by atoms with Crippen molar-refractivity contribution in [1.29, 1.82) is 0 Å². The van der Waals surface area contributed by atoms with Crippen LogP contribution in [0.3, 0.4) is 0 Å². The molecule has 30 heavy (non-hydrogen) atoms. The maximum absolute atomic E-state index is 12.8. The molecule has 1 aliphatic heterocycles. The number of benzene rings is 2. The first kappa shape index (κ1) is 20.3. The van der Waals surface area contributed by atoms with E-state index in [1.165, 1.54) is 11.3 Å². The number of aromatic nitrogens is 2. The quantitative estimate of drug-likeness (QED) is 0.642. The van der Waals surface area contributed by atoms with Crippen LogP contribution in [0.5, 0.6) is 5.75 Å². The van der Waals surface area contributed by atoms with Crippen LogP contribution in [0, 0.1) is 0 Å². The number of ether oxygens (including phenoxy) is 1. The van der Waals surface area contributed by atoms with Gasteiger partial charge in [0.05, 0.1) is 7.11 Å². The maximum atomic E-state index is 12.8. The first-order valence-corrected chi connectivity index (χ1v) is 10.6. The molecule has 1 atom stereocenters. The summed E-state index contributed by atoms with van der Waals surface area (Å²) in [6.45, 7) is 0.534. The number of methoxy groups -OCH3 is 1. The average molecular weight is 443 g/mol. The lowest BCUT2D eigenvalue weighted by Crippen LogP contribution is -2.43. The molecule has 2 heterocycles. The molecule has 2 amide bonds. The van der Waals surface area contributed by atoms with E-state index in [0.717, 1.165) is 17.7 Å². The van der Waals surface area contributed by atoms with E-state index in [0.29, 0.717) is 33.7 Å². The molecule has 1 unspecified atom stereocenters. The third-order valence-corrected chi connectivity index (χ3v) is 6.04. The predicted molar refractivity (Wildman–Crippen MR) is 116 cm³/mol. The fourth-order valence-corrected chi connectivity index (χ4v) is 4.23. The number of nitrogens with zero attached hydrogens (tertiary/aromatic N) is 3. The summed E-state index contributed by atoms with van der Waals surface area (Å²) < 4.78 is 5.16. The van der Waals surface area contributed by atoms with Crippen molar-refractivity contribution in [3.05, 3.63) is 59.1 Å². The zero-order valence-corrected chi connectivity index (χ0v) is 17.7. The number of likely N-dealkylation sites (tertiary alicyclic amines) is 1. The Balaban J connectivity index is 1.44. The minimum atomic E-state index is -0.540. The largest absolute Gasteiger partial charge is 0.497 e. The van der Waals surface area contributed by atoms with Gasteiger partial charge < -0.3 is 9.64 Å². The van der Waals surface area contributed by atoms with E-state index in [1.54, 1.807) is 36.3 Å². The molecule has 0 spiro atoms. The van der Waals surface area contributed by atoms with Gasteiger partial charge in [0.2, 0.25) is 11.0 Å². The van der Waals surface area contributed by atoms with Crippen LogP contribution in [-0.4, -0.2) is 46.6 Å². The Bertz CT molecular complexity index is 1050. The summed E-state index contributed by atoms with van der Waals surface area (Å²) in [5.74, 6) is 0.316. The van der Waals surface area contributed by atoms with Crippen molar-refractivity contribution < 1.29 is 14.3 Å². The molecule has 1 fully saturated rings. The second kappa shape index (κ2) is 8.81. The van der Waals surface area contributed by atoms with Gasteiger partial charge in [0.1, 0.15) is 16.8 Å². The van der Waals surface area contributed by atoms with Crippen molar-refractivity contribution in [2.75, 3.05) is 19.0 Å². The van der Waals surface area contributed by atoms with E-state index < -0.39 is 6.04 Å². The van der Waals surface area contributed by atoms with Crippen molar-refractivity contribution >= 4 is 39.9 Å². The molecule has 4 rings (SSSR count). The first-order valence-electron chi connectivity index (χ1n) is 9.40. The molecule has 1 N–H and O–H groups in total. The van der Waals surface area contributed by atoms with Gasteiger partial charge in [0.15, 0.2) is 0 Å². The molecule has 0 saturated carbocycles. The van der Waals surface area contributed by atoms with Crippen molar-refractivity contribution in [2.24, 2.45) is 0 Å². The standard InChI is InChI=1S/C21H19ClN4O3S/c1-29-16-10-6-13(7-11-16)19-24-25-21(30-19)23-18(27)17-3-2-12-26(17)20(28)14-4-8-15(22)9-5-14/h4-11,17H,2-3,12H2,1H3,(H,23,25,27). The summed E-state index contributed by atoms with van der Waals surface area (Å²) in [6, 6.07) is 13.6. The van der Waals surface area contributed by atoms with Crippen LogP contribution in [0.15, 0.2) is 48.5 Å². The van der Waals surface area contributed by atoms with E-state index >= 15 is 0 Å². The monoisotopic (exact) mass is 442 g/mol. The third-order valence-electron chi connectivity index (χ3n) is 4.90. The van der Waals surface area contributed by atoms with Crippen LogP contribution in [0.4, 0.5) is 5.13 Å². The van der Waals surface area contributed by atoms with Crippen LogP contribution in [-0.2, 0) is 4.79 Å². The number of anilines is 1. The lowest BCUT2D eigenvalue weighted by atomic mass is 10.1. The van der Waals surface area contributed by atoms with Gasteiger partial charge in [-0.1, -0.05) is 22.9 Å². The molecule has 9 heteroatoms. The highest BCUT2D eigenvalue weighted by atomic mass is 35.5. The minimum absolute atomic E-state index is 0.180. The lowest BCUT2D eigenvalue weighted by Gasteiger charge is -2.23. The summed E-state index contributed by atoms with van der Waals surface area (Å²) in [5.41, 5.74) is 1.39. The number of carbonyl (C=O) groups is 2. The Hall–Kier alpha value is -2.97. The predicted octanol–water partition coefficient (Wildman–Crippen LogP) is 4.11. The summed E-state index contributed by atoms with van der Waals surface area (Å²) in [6.07, 6.45) is 1.37. The van der Waals surface area contributed by atoms with Gasteiger partial charge in [-0.2, -0.15) is 0 Å². The molecule has 2 aromatic carbocycles. The Morgan fingerprint density at radius 1 is 1.13 bits per heavy atom. The Labute approximate surface area is 182 Å². The number of hydrogen-bond donors (Lipinski definition) is 1. The van der Waals surface area contributed by atoms with Gasteiger partial charge in [-0.3, -0.25) is 14.9 Å². The van der Waals surface area contributed by atoms with Crippen molar-refractivity contribution in [3.8, 4) is 16.3 Å². The fraction of sp³-hybridized carbons (Fsp3) is 0.238. The van der Waals surface area contributed by atoms with E-state index in [2.05, 4.69) is 15.5 Å². The van der Waals surface area contributed by atoms with Gasteiger partial charge in [-0.25, -0.2) is 0 Å². The van der Waals surface area contributed by atoms with Crippen LogP contribution < -0.4 is 10.1 Å². The molecular formula is C21H19ClN4O3S. The molecule has 0 radical (unpaired) electrons. The summed E-state index contributed by atoms with van der Waals surface area (Å²) in [4.78, 5) is 27.3. The van der Waals surface area contributed by atoms with Crippen molar-refractivity contribution in [2.45, 2.75) is 18.9 Å². The SMILES string of the molecule is COc1ccc(-c2nnc(NC(=O)C3CCCN3C(=O)c3ccc(Cl)cc3)s2)cc1. The topological polar surface area (TPSA) is 84.4 Å². The molecule has 0 aliphatic carbocycles. The Kier molecular flexibility index (Phi) is 5.96. The number of halogens is 1. The van der Waals surface area contributed by atoms with Gasteiger partial charge >= 0.3 is 0 Å². The smallest absolute Gasteiger partial charge is 0.254 e. The second-order valence-electron chi connectivity index (χ2n) is 6.79. The summed E-state index contributed by atoms with van der Waals surface area (Å²) >= 11 is 7.18. The van der Waals surface area contributed by atoms with E-state index in [9.17, 15) is 9.59 Å². The fourth-order valence-electron chi connectivity index (χ4n) is 3.35. The number of hydrogen-bond acceptors (Lipinski definition) is 6. The van der Waals surface area contributed by atoms with Crippen molar-refractivity contribution in [1.82, 2.24) is 15.1 Å². The van der Waals surface area contributed by atoms with E-state index in [4.69, 9.17) is 16.3 Å². The first-order chi connectivity index (χ1) is 14.5. The molecule has 1 aliphatic rings. The zero-order valence-electron chi connectivity index (χ0n) is 16.2. The van der Waals surface area contributed by atoms with Crippen LogP contribution >= 0.6 is 22.9 Å². The average Bonchev–Trinajstić information content (AvgIpc) is 3.44. The third kappa shape index (κ3) is 4.29. The molecule has 3 aromatic rings. The van der Waals surface area contributed by atoms with Crippen LogP contribution in [0.1, 0.15) is 23.2 Å². The molecule has 0 bridgehead atoms. The second-order valence-corrected chi connectivity index (χ2v) is 8.21. The minimum Gasteiger partial charge on any atom is -0.497 e. The Morgan fingerprint density at radius 2 is 1.87 bits per heavy atom. The molecule has 7 nitrogen and oxygen atoms in total. The summed E-state index contributed by atoms with van der Waals surface area (Å²) in [5, 5.41) is 12.7. The Morgan fingerprint density at radius 3 is 2.57 bits per heavy atom. The van der Waals surface area contributed by atoms with Gasteiger partial charge in [-0.05, 0) is 61.4 Å². The van der Waals surface area contributed by atoms with Crippen LogP contribution in [0.25, 0.3) is 10.6 Å². The van der Waals surface area contributed by atoms with Gasteiger partial charge in [-0.15, -0.1) is 10.2 Å². The molecule has 1 saturated heterocycles. The number of rotatable bonds is 5. The molecule has 1 aromatic heterocycles. The van der Waals surface area contributed by atoms with Crippen molar-refractivity contribution in [3.63, 3.8) is 0 Å². The van der Waals surface area contributed by atoms with Gasteiger partial charge in [0.25, 0.3) is 5.91 Å². The molecule has 154 valence electrons. The highest BCUT2D eigenvalue weighted by Crippen LogP contribution is 2.29. The van der Waals surface area contributed by atoms with Gasteiger partial charge in [0, 0.05) is 22.7 Å². The maximum Gasteiger partial charge on any atom is 0.254 e. The highest BCUT2D eigenvalue weighted by molar-refractivity contribution is 7.18.